The van der Waals surface area contributed by atoms with Crippen LogP contribution < -0.4 is 21.3 Å². The zero-order chi connectivity index (χ0) is 16.9. The molecule has 2 heterocycles. The van der Waals surface area contributed by atoms with Gasteiger partial charge >= 0.3 is 0 Å². The van der Waals surface area contributed by atoms with Crippen molar-refractivity contribution in [3.05, 3.63) is 54.0 Å². The van der Waals surface area contributed by atoms with Crippen LogP contribution in [0.4, 0.5) is 15.9 Å². The molecule has 1 fully saturated rings. The minimum absolute atomic E-state index is 0.0845. The topological polar surface area (TPSA) is 83.8 Å². The van der Waals surface area contributed by atoms with Gasteiger partial charge in [-0.05, 0) is 42.0 Å². The van der Waals surface area contributed by atoms with E-state index in [9.17, 15) is 4.39 Å². The van der Waals surface area contributed by atoms with E-state index in [2.05, 4.69) is 19.8 Å². The second kappa shape index (κ2) is 7.16. The van der Waals surface area contributed by atoms with Gasteiger partial charge in [0.25, 0.3) is 0 Å². The summed E-state index contributed by atoms with van der Waals surface area (Å²) in [5, 5.41) is 0. The molecule has 0 saturated carbocycles. The summed E-state index contributed by atoms with van der Waals surface area (Å²) >= 11 is 0. The van der Waals surface area contributed by atoms with E-state index in [1.54, 1.807) is 6.20 Å². The van der Waals surface area contributed by atoms with Crippen LogP contribution >= 0.6 is 0 Å². The van der Waals surface area contributed by atoms with E-state index in [4.69, 9.17) is 11.5 Å². The van der Waals surface area contributed by atoms with Gasteiger partial charge in [0.1, 0.15) is 11.6 Å². The molecule has 0 aliphatic carbocycles. The van der Waals surface area contributed by atoms with Gasteiger partial charge in [0.15, 0.2) is 5.96 Å². The molecule has 0 unspecified atom stereocenters. The van der Waals surface area contributed by atoms with E-state index >= 15 is 0 Å². The molecule has 0 radical (unpaired) electrons. The highest BCUT2D eigenvalue weighted by molar-refractivity contribution is 5.75. The summed E-state index contributed by atoms with van der Waals surface area (Å²) in [6.45, 7) is 3.90. The molecule has 3 rings (SSSR count). The second-order valence-electron chi connectivity index (χ2n) is 5.71. The maximum Gasteiger partial charge on any atom is 0.186 e. The van der Waals surface area contributed by atoms with Crippen molar-refractivity contribution in [2.24, 2.45) is 16.5 Å². The smallest absolute Gasteiger partial charge is 0.186 e. The fourth-order valence-electron chi connectivity index (χ4n) is 2.76. The summed E-state index contributed by atoms with van der Waals surface area (Å²) in [4.78, 5) is 13.0. The third-order valence-electron chi connectivity index (χ3n) is 4.05. The number of hydrogen-bond donors (Lipinski definition) is 2. The van der Waals surface area contributed by atoms with Crippen LogP contribution in [0.2, 0.25) is 0 Å². The molecular weight excluding hydrogens is 307 g/mol. The van der Waals surface area contributed by atoms with Crippen molar-refractivity contribution in [3.63, 3.8) is 0 Å². The summed E-state index contributed by atoms with van der Waals surface area (Å²) in [6.07, 6.45) is 1.78. The first-order valence-electron chi connectivity index (χ1n) is 7.87. The zero-order valence-electron chi connectivity index (χ0n) is 13.4. The van der Waals surface area contributed by atoms with E-state index in [0.29, 0.717) is 6.54 Å². The lowest BCUT2D eigenvalue weighted by atomic mass is 10.2. The quantitative estimate of drug-likeness (QED) is 0.653. The first kappa shape index (κ1) is 16.0. The lowest BCUT2D eigenvalue weighted by molar-refractivity contribution is 0.624. The molecule has 0 bridgehead atoms. The first-order chi connectivity index (χ1) is 11.6. The van der Waals surface area contributed by atoms with Gasteiger partial charge in [-0.15, -0.1) is 0 Å². The molecule has 0 atom stereocenters. The van der Waals surface area contributed by atoms with Crippen molar-refractivity contribution in [2.75, 3.05) is 36.0 Å². The third-order valence-corrected chi connectivity index (χ3v) is 4.05. The van der Waals surface area contributed by atoms with Crippen molar-refractivity contribution >= 4 is 17.5 Å². The molecular formula is C17H21FN6. The second-order valence-corrected chi connectivity index (χ2v) is 5.71. The molecule has 0 spiro atoms. The van der Waals surface area contributed by atoms with Gasteiger partial charge in [0.05, 0.1) is 6.54 Å². The van der Waals surface area contributed by atoms with Crippen LogP contribution in [0.1, 0.15) is 5.56 Å². The number of aromatic nitrogens is 1. The summed E-state index contributed by atoms with van der Waals surface area (Å²) in [7, 11) is 0. The van der Waals surface area contributed by atoms with Crippen LogP contribution in [0.25, 0.3) is 0 Å². The normalized spacial score (nSPS) is 14.5. The Labute approximate surface area is 140 Å². The molecule has 1 aromatic carbocycles. The standard InChI is InChI=1S/C17H21FN6/c18-14-1-3-15(4-2-14)23-7-9-24(10-8-23)16-11-13(5-6-21-16)12-22-17(19)20/h1-6,11H,7-10,12H2,(H4,19,20,22). The molecule has 6 nitrogen and oxygen atoms in total. The highest BCUT2D eigenvalue weighted by atomic mass is 19.1. The SMILES string of the molecule is NC(N)=NCc1ccnc(N2CCN(c3ccc(F)cc3)CC2)c1. The van der Waals surface area contributed by atoms with Gasteiger partial charge in [-0.1, -0.05) is 0 Å². The Morgan fingerprint density at radius 1 is 1.04 bits per heavy atom. The number of aliphatic imine (C=N–C) groups is 1. The molecule has 7 heteroatoms. The number of piperazine rings is 1. The van der Waals surface area contributed by atoms with Crippen LogP contribution in [-0.2, 0) is 6.54 Å². The van der Waals surface area contributed by atoms with Crippen LogP contribution in [0.15, 0.2) is 47.6 Å². The number of nitrogens with zero attached hydrogens (tertiary/aromatic N) is 4. The Kier molecular flexibility index (Phi) is 4.79. The average Bonchev–Trinajstić information content (AvgIpc) is 2.61. The number of benzene rings is 1. The first-order valence-corrected chi connectivity index (χ1v) is 7.87. The van der Waals surface area contributed by atoms with Gasteiger partial charge in [-0.25, -0.2) is 14.4 Å². The summed E-state index contributed by atoms with van der Waals surface area (Å²) in [5.41, 5.74) is 12.8. The van der Waals surface area contributed by atoms with Crippen LogP contribution in [0, 0.1) is 5.82 Å². The minimum atomic E-state index is -0.209. The Morgan fingerprint density at radius 3 is 2.38 bits per heavy atom. The van der Waals surface area contributed by atoms with Gasteiger partial charge < -0.3 is 21.3 Å². The highest BCUT2D eigenvalue weighted by Gasteiger charge is 2.18. The predicted molar refractivity (Wildman–Crippen MR) is 94.6 cm³/mol. The van der Waals surface area contributed by atoms with Crippen LogP contribution in [0.5, 0.6) is 0 Å². The van der Waals surface area contributed by atoms with Crippen molar-refractivity contribution in [1.82, 2.24) is 4.98 Å². The Balaban J connectivity index is 1.63. The van der Waals surface area contributed by atoms with E-state index in [0.717, 1.165) is 43.2 Å². The number of guanidine groups is 1. The van der Waals surface area contributed by atoms with E-state index in [-0.39, 0.29) is 11.8 Å². The average molecular weight is 328 g/mol. The number of rotatable bonds is 4. The van der Waals surface area contributed by atoms with Crippen molar-refractivity contribution < 1.29 is 4.39 Å². The van der Waals surface area contributed by atoms with Gasteiger partial charge in [0, 0.05) is 38.1 Å². The molecule has 2 aromatic rings. The largest absolute Gasteiger partial charge is 0.370 e. The highest BCUT2D eigenvalue weighted by Crippen LogP contribution is 2.20. The number of anilines is 2. The molecule has 126 valence electrons. The fourth-order valence-corrected chi connectivity index (χ4v) is 2.76. The van der Waals surface area contributed by atoms with Crippen molar-refractivity contribution in [1.29, 1.82) is 0 Å². The Hall–Kier alpha value is -2.83. The maximum absolute atomic E-state index is 13.0. The molecule has 0 amide bonds. The monoisotopic (exact) mass is 328 g/mol. The molecule has 1 saturated heterocycles. The van der Waals surface area contributed by atoms with Gasteiger partial charge in [-0.3, -0.25) is 0 Å². The van der Waals surface area contributed by atoms with E-state index < -0.39 is 0 Å². The molecule has 1 aromatic heterocycles. The Morgan fingerprint density at radius 2 is 1.71 bits per heavy atom. The number of halogens is 1. The Bertz CT molecular complexity index is 703. The molecule has 1 aliphatic heterocycles. The molecule has 24 heavy (non-hydrogen) atoms. The zero-order valence-corrected chi connectivity index (χ0v) is 13.4. The third kappa shape index (κ3) is 3.92. The van der Waals surface area contributed by atoms with Gasteiger partial charge in [0.2, 0.25) is 0 Å². The fraction of sp³-hybridized carbons (Fsp3) is 0.294. The van der Waals surface area contributed by atoms with Gasteiger partial charge in [-0.2, -0.15) is 0 Å². The summed E-state index contributed by atoms with van der Waals surface area (Å²) in [5.74, 6) is 0.803. The van der Waals surface area contributed by atoms with Crippen molar-refractivity contribution in [2.45, 2.75) is 6.54 Å². The maximum atomic E-state index is 13.0. The number of nitrogens with two attached hydrogens (primary N) is 2. The summed E-state index contributed by atoms with van der Waals surface area (Å²) < 4.78 is 13.0. The van der Waals surface area contributed by atoms with Crippen LogP contribution in [0.3, 0.4) is 0 Å². The van der Waals surface area contributed by atoms with Crippen molar-refractivity contribution in [3.8, 4) is 0 Å². The number of hydrogen-bond acceptors (Lipinski definition) is 4. The lowest BCUT2D eigenvalue weighted by Crippen LogP contribution is -2.46. The lowest BCUT2D eigenvalue weighted by Gasteiger charge is -2.36. The van der Waals surface area contributed by atoms with E-state index in [1.807, 2.05) is 24.3 Å². The molecule has 1 aliphatic rings. The number of pyridine rings is 1. The summed E-state index contributed by atoms with van der Waals surface area (Å²) in [6, 6.07) is 10.6. The minimum Gasteiger partial charge on any atom is -0.370 e. The van der Waals surface area contributed by atoms with E-state index in [1.165, 1.54) is 12.1 Å². The predicted octanol–water partition coefficient (Wildman–Crippen LogP) is 1.32. The molecule has 4 N–H and O–H groups in total. The van der Waals surface area contributed by atoms with Crippen LogP contribution in [-0.4, -0.2) is 37.1 Å².